The largest absolute Gasteiger partial charge is 0.487 e. The van der Waals surface area contributed by atoms with Crippen LogP contribution < -0.4 is 4.74 Å². The number of sulfonamides is 1. The van der Waals surface area contributed by atoms with Crippen molar-refractivity contribution in [3.63, 3.8) is 0 Å². The average molecular weight is 485 g/mol. The van der Waals surface area contributed by atoms with Crippen molar-refractivity contribution < 1.29 is 18.3 Å². The zero-order valence-corrected chi connectivity index (χ0v) is 20.7. The van der Waals surface area contributed by atoms with Gasteiger partial charge in [-0.3, -0.25) is 4.90 Å². The second-order valence-corrected chi connectivity index (χ2v) is 11.2. The molecule has 1 aromatic heterocycles. The molecule has 1 aliphatic heterocycles. The number of aliphatic hydroxyl groups is 1. The summed E-state index contributed by atoms with van der Waals surface area (Å²) in [5.41, 5.74) is 1.73. The maximum absolute atomic E-state index is 13.6. The third-order valence-corrected chi connectivity index (χ3v) is 8.24. The maximum atomic E-state index is 13.6. The zero-order valence-electron chi connectivity index (χ0n) is 19.9. The number of benzene rings is 1. The molecular weight excluding hydrogens is 452 g/mol. The van der Waals surface area contributed by atoms with Gasteiger partial charge in [-0.05, 0) is 45.0 Å². The highest BCUT2D eigenvalue weighted by atomic mass is 32.2. The molecule has 4 rings (SSSR count). The van der Waals surface area contributed by atoms with Gasteiger partial charge in [0.05, 0.1) is 6.61 Å². The topological polar surface area (TPSA) is 95.9 Å². The average Bonchev–Trinajstić information content (AvgIpc) is 3.64. The van der Waals surface area contributed by atoms with E-state index in [0.717, 1.165) is 24.0 Å². The molecule has 3 atom stereocenters. The van der Waals surface area contributed by atoms with Crippen LogP contribution in [0.25, 0.3) is 0 Å². The normalized spacial score (nSPS) is 23.1. The lowest BCUT2D eigenvalue weighted by molar-refractivity contribution is 0.0733. The summed E-state index contributed by atoms with van der Waals surface area (Å²) in [6, 6.07) is 4.50. The summed E-state index contributed by atoms with van der Waals surface area (Å²) < 4.78 is 34.9. The van der Waals surface area contributed by atoms with Gasteiger partial charge in [-0.15, -0.1) is 0 Å². The van der Waals surface area contributed by atoms with Gasteiger partial charge in [0.15, 0.2) is 0 Å². The second kappa shape index (κ2) is 10.4. The SMILES string of the molecule is C[C@H](CO)N1C[C@H](C)[C@@H](CN(C)Cc2cncnc2)Oc2cc(C#CC3CC3)ccc2S1(=O)=O. The molecule has 0 radical (unpaired) electrons. The van der Waals surface area contributed by atoms with E-state index in [1.54, 1.807) is 37.5 Å². The van der Waals surface area contributed by atoms with Crippen molar-refractivity contribution >= 4 is 10.0 Å². The minimum atomic E-state index is -3.85. The Morgan fingerprint density at radius 1 is 1.29 bits per heavy atom. The van der Waals surface area contributed by atoms with Gasteiger partial charge in [-0.2, -0.15) is 4.31 Å². The molecule has 0 amide bonds. The Bertz CT molecular complexity index is 1160. The number of aliphatic hydroxyl groups excluding tert-OH is 1. The van der Waals surface area contributed by atoms with Crippen molar-refractivity contribution in [2.45, 2.75) is 50.3 Å². The number of rotatable bonds is 6. The standard InChI is InChI=1S/C25H32N4O4S/c1-18-13-29(19(2)16-30)34(31,32)25-9-8-21(7-6-20-4-5-20)10-23(25)33-24(18)15-28(3)14-22-11-26-17-27-12-22/h8-12,17-20,24,30H,4-5,13-16H2,1-3H3/t18-,19+,24+/m0/s1. The molecule has 0 saturated heterocycles. The summed E-state index contributed by atoms with van der Waals surface area (Å²) in [6.07, 6.45) is 7.03. The Balaban J connectivity index is 1.66. The van der Waals surface area contributed by atoms with Gasteiger partial charge >= 0.3 is 0 Å². The molecule has 1 N–H and O–H groups in total. The van der Waals surface area contributed by atoms with Crippen LogP contribution >= 0.6 is 0 Å². The molecular formula is C25H32N4O4S. The molecule has 9 heteroatoms. The number of fused-ring (bicyclic) bond motifs is 1. The summed E-state index contributed by atoms with van der Waals surface area (Å²) in [5, 5.41) is 9.79. The van der Waals surface area contributed by atoms with Crippen LogP contribution in [0.2, 0.25) is 0 Å². The van der Waals surface area contributed by atoms with E-state index in [9.17, 15) is 13.5 Å². The van der Waals surface area contributed by atoms with Gasteiger partial charge < -0.3 is 9.84 Å². The first kappa shape index (κ1) is 24.6. The summed E-state index contributed by atoms with van der Waals surface area (Å²) >= 11 is 0. The number of ether oxygens (including phenoxy) is 1. The Kier molecular flexibility index (Phi) is 7.53. The molecule has 1 saturated carbocycles. The first-order valence-corrected chi connectivity index (χ1v) is 13.1. The van der Waals surface area contributed by atoms with Gasteiger partial charge in [0, 0.05) is 61.0 Å². The second-order valence-electron chi connectivity index (χ2n) is 9.39. The fourth-order valence-corrected chi connectivity index (χ4v) is 5.86. The molecule has 0 spiro atoms. The minimum absolute atomic E-state index is 0.112. The fourth-order valence-electron chi connectivity index (χ4n) is 4.03. The lowest BCUT2D eigenvalue weighted by Crippen LogP contribution is -2.49. The van der Waals surface area contributed by atoms with Crippen LogP contribution in [0.1, 0.15) is 37.8 Å². The van der Waals surface area contributed by atoms with Gasteiger partial charge in [0.1, 0.15) is 23.1 Å². The predicted octanol–water partition coefficient (Wildman–Crippen LogP) is 2.14. The Morgan fingerprint density at radius 2 is 2.03 bits per heavy atom. The van der Waals surface area contributed by atoms with E-state index in [1.165, 1.54) is 10.6 Å². The van der Waals surface area contributed by atoms with Crippen LogP contribution in [0.4, 0.5) is 0 Å². The number of aromatic nitrogens is 2. The zero-order chi connectivity index (χ0) is 24.3. The van der Waals surface area contributed by atoms with Crippen LogP contribution in [0, 0.1) is 23.7 Å². The first-order chi connectivity index (χ1) is 16.3. The summed E-state index contributed by atoms with van der Waals surface area (Å²) in [7, 11) is -1.86. The molecule has 2 aliphatic rings. The van der Waals surface area contributed by atoms with E-state index in [0.29, 0.717) is 24.8 Å². The van der Waals surface area contributed by atoms with Crippen molar-refractivity contribution in [1.29, 1.82) is 0 Å². The summed E-state index contributed by atoms with van der Waals surface area (Å²) in [5.74, 6) is 7.02. The Hall–Kier alpha value is -2.51. The molecule has 0 unspecified atom stereocenters. The van der Waals surface area contributed by atoms with Gasteiger partial charge in [0.2, 0.25) is 10.0 Å². The van der Waals surface area contributed by atoms with Gasteiger partial charge in [-0.25, -0.2) is 18.4 Å². The van der Waals surface area contributed by atoms with Crippen LogP contribution in [0.15, 0.2) is 41.8 Å². The van der Waals surface area contributed by atoms with Crippen LogP contribution in [-0.4, -0.2) is 71.6 Å². The molecule has 2 aromatic rings. The lowest BCUT2D eigenvalue weighted by atomic mass is 10.0. The number of hydrogen-bond acceptors (Lipinski definition) is 7. The van der Waals surface area contributed by atoms with Crippen LogP contribution in [-0.2, 0) is 16.6 Å². The van der Waals surface area contributed by atoms with E-state index in [4.69, 9.17) is 4.74 Å². The molecule has 8 nitrogen and oxygen atoms in total. The number of likely N-dealkylation sites (N-methyl/N-ethyl adjacent to an activating group) is 1. The third kappa shape index (κ3) is 5.76. The van der Waals surface area contributed by atoms with E-state index >= 15 is 0 Å². The van der Waals surface area contributed by atoms with E-state index in [2.05, 4.69) is 26.7 Å². The van der Waals surface area contributed by atoms with E-state index in [1.807, 2.05) is 14.0 Å². The molecule has 0 bridgehead atoms. The van der Waals surface area contributed by atoms with Crippen LogP contribution in [0.3, 0.4) is 0 Å². The first-order valence-electron chi connectivity index (χ1n) is 11.6. The highest BCUT2D eigenvalue weighted by Gasteiger charge is 2.38. The van der Waals surface area contributed by atoms with Gasteiger partial charge in [0.25, 0.3) is 0 Å². The lowest BCUT2D eigenvalue weighted by Gasteiger charge is -2.37. The molecule has 1 fully saturated rings. The van der Waals surface area contributed by atoms with Gasteiger partial charge in [-0.1, -0.05) is 18.8 Å². The Morgan fingerprint density at radius 3 is 2.71 bits per heavy atom. The minimum Gasteiger partial charge on any atom is -0.487 e. The molecule has 1 aromatic carbocycles. The summed E-state index contributed by atoms with van der Waals surface area (Å²) in [4.78, 5) is 10.4. The fraction of sp³-hybridized carbons (Fsp3) is 0.520. The van der Waals surface area contributed by atoms with E-state index < -0.39 is 16.1 Å². The Labute approximate surface area is 202 Å². The van der Waals surface area contributed by atoms with Crippen LogP contribution in [0.5, 0.6) is 5.75 Å². The van der Waals surface area contributed by atoms with Crippen molar-refractivity contribution in [3.05, 3.63) is 48.0 Å². The number of hydrogen-bond donors (Lipinski definition) is 1. The maximum Gasteiger partial charge on any atom is 0.247 e. The van der Waals surface area contributed by atoms with Crippen molar-refractivity contribution in [3.8, 4) is 17.6 Å². The third-order valence-electron chi connectivity index (χ3n) is 6.22. The van der Waals surface area contributed by atoms with E-state index in [-0.39, 0.29) is 30.1 Å². The van der Waals surface area contributed by atoms with Crippen molar-refractivity contribution in [2.24, 2.45) is 11.8 Å². The molecule has 182 valence electrons. The summed E-state index contributed by atoms with van der Waals surface area (Å²) in [6.45, 7) is 4.92. The monoisotopic (exact) mass is 484 g/mol. The van der Waals surface area contributed by atoms with Crippen molar-refractivity contribution in [1.82, 2.24) is 19.2 Å². The smallest absolute Gasteiger partial charge is 0.247 e. The highest BCUT2D eigenvalue weighted by Crippen LogP contribution is 2.34. The predicted molar refractivity (Wildman–Crippen MR) is 128 cm³/mol. The highest BCUT2D eigenvalue weighted by molar-refractivity contribution is 7.89. The molecule has 34 heavy (non-hydrogen) atoms. The molecule has 2 heterocycles. The number of nitrogens with zero attached hydrogens (tertiary/aromatic N) is 4. The quantitative estimate of drug-likeness (QED) is 0.628. The molecule has 1 aliphatic carbocycles. The van der Waals surface area contributed by atoms with Crippen molar-refractivity contribution in [2.75, 3.05) is 26.7 Å².